The summed E-state index contributed by atoms with van der Waals surface area (Å²) in [4.78, 5) is 5.64. The van der Waals surface area contributed by atoms with Crippen LogP contribution in [0.4, 0.5) is 0 Å². The number of hydrogen-bond donors (Lipinski definition) is 2. The van der Waals surface area contributed by atoms with E-state index in [1.54, 1.807) is 39.7 Å². The number of halogens is 1. The van der Waals surface area contributed by atoms with E-state index in [1.165, 1.54) is 4.88 Å². The Morgan fingerprint density at radius 1 is 1.11 bits per heavy atom. The van der Waals surface area contributed by atoms with E-state index in [2.05, 4.69) is 40.1 Å². The maximum atomic E-state index is 5.40. The predicted molar refractivity (Wildman–Crippen MR) is 122 cm³/mol. The zero-order chi connectivity index (χ0) is 18.9. The maximum Gasteiger partial charge on any atom is 0.203 e. The molecule has 6 nitrogen and oxygen atoms in total. The summed E-state index contributed by atoms with van der Waals surface area (Å²) in [5.41, 5.74) is 1.01. The number of nitrogens with one attached hydrogen (secondary N) is 2. The zero-order valence-corrected chi connectivity index (χ0v) is 19.5. The van der Waals surface area contributed by atoms with Crippen LogP contribution in [0.3, 0.4) is 0 Å². The molecule has 0 radical (unpaired) electrons. The number of thiophene rings is 1. The highest BCUT2D eigenvalue weighted by molar-refractivity contribution is 14.0. The van der Waals surface area contributed by atoms with Crippen molar-refractivity contribution in [2.75, 3.05) is 34.9 Å². The Kier molecular flexibility index (Phi) is 10.3. The molecule has 0 bridgehead atoms. The van der Waals surface area contributed by atoms with E-state index in [0.717, 1.165) is 18.1 Å². The van der Waals surface area contributed by atoms with Crippen LogP contribution in [0.2, 0.25) is 0 Å². The van der Waals surface area contributed by atoms with Gasteiger partial charge in [-0.3, -0.25) is 4.99 Å². The van der Waals surface area contributed by atoms with Crippen molar-refractivity contribution < 1.29 is 14.2 Å². The molecule has 0 aliphatic heterocycles. The number of benzene rings is 1. The molecule has 0 fully saturated rings. The van der Waals surface area contributed by atoms with Gasteiger partial charge >= 0.3 is 0 Å². The maximum absolute atomic E-state index is 5.40. The molecule has 0 aliphatic carbocycles. The molecule has 0 saturated carbocycles. The average molecular weight is 505 g/mol. The van der Waals surface area contributed by atoms with Crippen molar-refractivity contribution in [2.45, 2.75) is 19.4 Å². The first-order valence-corrected chi connectivity index (χ1v) is 9.27. The molecule has 2 N–H and O–H groups in total. The summed E-state index contributed by atoms with van der Waals surface area (Å²) >= 11 is 1.77. The minimum Gasteiger partial charge on any atom is -0.493 e. The van der Waals surface area contributed by atoms with Crippen LogP contribution in [0.1, 0.15) is 23.3 Å². The van der Waals surface area contributed by atoms with Crippen LogP contribution >= 0.6 is 35.3 Å². The molecule has 1 atom stereocenters. The van der Waals surface area contributed by atoms with Gasteiger partial charge in [-0.1, -0.05) is 13.0 Å². The molecule has 8 heteroatoms. The lowest BCUT2D eigenvalue weighted by Gasteiger charge is -2.17. The number of guanidine groups is 1. The van der Waals surface area contributed by atoms with E-state index in [-0.39, 0.29) is 24.0 Å². The molecular weight excluding hydrogens is 477 g/mol. The normalized spacial score (nSPS) is 12.0. The van der Waals surface area contributed by atoms with Crippen molar-refractivity contribution in [1.82, 2.24) is 10.6 Å². The van der Waals surface area contributed by atoms with Crippen LogP contribution < -0.4 is 24.8 Å². The van der Waals surface area contributed by atoms with E-state index in [9.17, 15) is 0 Å². The summed E-state index contributed by atoms with van der Waals surface area (Å²) in [6.45, 7) is 3.60. The highest BCUT2D eigenvalue weighted by Crippen LogP contribution is 2.38. The van der Waals surface area contributed by atoms with Gasteiger partial charge < -0.3 is 24.8 Å². The molecule has 0 aliphatic rings. The lowest BCUT2D eigenvalue weighted by atomic mass is 10.1. The summed E-state index contributed by atoms with van der Waals surface area (Å²) in [5, 5.41) is 8.78. The third kappa shape index (κ3) is 6.46. The first-order chi connectivity index (χ1) is 12.6. The van der Waals surface area contributed by atoms with Crippen LogP contribution in [-0.4, -0.2) is 40.9 Å². The van der Waals surface area contributed by atoms with Gasteiger partial charge in [0.15, 0.2) is 17.5 Å². The number of nitrogens with zero attached hydrogens (tertiary/aromatic N) is 1. The Morgan fingerprint density at radius 2 is 1.78 bits per heavy atom. The molecule has 1 aromatic carbocycles. The lowest BCUT2D eigenvalue weighted by Crippen LogP contribution is -2.38. The number of methoxy groups -OCH3 is 3. The summed E-state index contributed by atoms with van der Waals surface area (Å²) in [6, 6.07) is 8.09. The van der Waals surface area contributed by atoms with Gasteiger partial charge in [-0.25, -0.2) is 0 Å². The van der Waals surface area contributed by atoms with E-state index >= 15 is 0 Å². The van der Waals surface area contributed by atoms with E-state index in [4.69, 9.17) is 14.2 Å². The highest BCUT2D eigenvalue weighted by atomic mass is 127. The van der Waals surface area contributed by atoms with Gasteiger partial charge in [0.2, 0.25) is 5.75 Å². The van der Waals surface area contributed by atoms with Crippen molar-refractivity contribution in [3.8, 4) is 17.2 Å². The van der Waals surface area contributed by atoms with Crippen LogP contribution in [0, 0.1) is 0 Å². The summed E-state index contributed by atoms with van der Waals surface area (Å²) < 4.78 is 16.1. The summed E-state index contributed by atoms with van der Waals surface area (Å²) in [7, 11) is 6.58. The molecule has 1 aromatic heterocycles. The van der Waals surface area contributed by atoms with Crippen LogP contribution in [0.15, 0.2) is 34.6 Å². The fourth-order valence-electron chi connectivity index (χ4n) is 2.57. The lowest BCUT2D eigenvalue weighted by molar-refractivity contribution is 0.323. The highest BCUT2D eigenvalue weighted by Gasteiger charge is 2.13. The molecular formula is C19H28IN3O3S. The van der Waals surface area contributed by atoms with Crippen LogP contribution in [-0.2, 0) is 6.54 Å². The number of aliphatic imine (C=N–C) groups is 1. The quantitative estimate of drug-likeness (QED) is 0.324. The molecule has 27 heavy (non-hydrogen) atoms. The van der Waals surface area contributed by atoms with E-state index < -0.39 is 0 Å². The Bertz CT molecular complexity index is 698. The largest absolute Gasteiger partial charge is 0.493 e. The van der Waals surface area contributed by atoms with Crippen molar-refractivity contribution in [1.29, 1.82) is 0 Å². The second-order valence-corrected chi connectivity index (χ2v) is 6.74. The van der Waals surface area contributed by atoms with Gasteiger partial charge in [-0.05, 0) is 29.1 Å². The third-order valence-corrected chi connectivity index (χ3v) is 5.12. The topological polar surface area (TPSA) is 64.1 Å². The SMILES string of the molecule is CN=C(NCc1cc(OC)c(OC)c(OC)c1)NCC(C)c1cccs1.I. The molecule has 150 valence electrons. The van der Waals surface area contributed by atoms with Crippen molar-refractivity contribution in [2.24, 2.45) is 4.99 Å². The van der Waals surface area contributed by atoms with Crippen molar-refractivity contribution in [3.05, 3.63) is 40.1 Å². The standard InChI is InChI=1S/C19H27N3O3S.HI/c1-13(17-7-6-8-26-17)11-21-19(20-2)22-12-14-9-15(23-3)18(25-5)16(10-14)24-4;/h6-10,13H,11-12H2,1-5H3,(H2,20,21,22);1H. The van der Waals surface area contributed by atoms with E-state index in [1.807, 2.05) is 12.1 Å². The first kappa shape index (κ1) is 23.4. The van der Waals surface area contributed by atoms with E-state index in [0.29, 0.717) is 29.7 Å². The fraction of sp³-hybridized carbons (Fsp3) is 0.421. The zero-order valence-electron chi connectivity index (χ0n) is 16.4. The molecule has 0 amide bonds. The van der Waals surface area contributed by atoms with Gasteiger partial charge in [0, 0.05) is 30.9 Å². The summed E-state index contributed by atoms with van der Waals surface area (Å²) in [6.07, 6.45) is 0. The number of ether oxygens (including phenoxy) is 3. The predicted octanol–water partition coefficient (Wildman–Crippen LogP) is 3.86. The molecule has 0 spiro atoms. The molecule has 2 rings (SSSR count). The molecule has 2 aromatic rings. The second kappa shape index (κ2) is 11.9. The average Bonchev–Trinajstić information content (AvgIpc) is 3.21. The number of rotatable bonds is 8. The number of hydrogen-bond acceptors (Lipinski definition) is 5. The molecule has 1 heterocycles. The van der Waals surface area contributed by atoms with Gasteiger partial charge in [0.05, 0.1) is 21.3 Å². The second-order valence-electron chi connectivity index (χ2n) is 5.76. The van der Waals surface area contributed by atoms with Crippen molar-refractivity contribution >= 4 is 41.3 Å². The molecule has 0 saturated heterocycles. The Balaban J connectivity index is 0.00000364. The van der Waals surface area contributed by atoms with Crippen molar-refractivity contribution in [3.63, 3.8) is 0 Å². The minimum atomic E-state index is 0. The minimum absolute atomic E-state index is 0. The Labute approximate surface area is 182 Å². The molecule has 1 unspecified atom stereocenters. The Hall–Kier alpha value is -1.68. The van der Waals surface area contributed by atoms with Gasteiger partial charge in [-0.2, -0.15) is 0 Å². The monoisotopic (exact) mass is 505 g/mol. The fourth-order valence-corrected chi connectivity index (χ4v) is 3.35. The van der Waals surface area contributed by atoms with Crippen LogP contribution in [0.5, 0.6) is 17.2 Å². The smallest absolute Gasteiger partial charge is 0.203 e. The van der Waals surface area contributed by atoms with Gasteiger partial charge in [0.1, 0.15) is 0 Å². The van der Waals surface area contributed by atoms with Gasteiger partial charge in [0.25, 0.3) is 0 Å². The summed E-state index contributed by atoms with van der Waals surface area (Å²) in [5.74, 6) is 3.04. The third-order valence-electron chi connectivity index (χ3n) is 4.01. The van der Waals surface area contributed by atoms with Crippen LogP contribution in [0.25, 0.3) is 0 Å². The van der Waals surface area contributed by atoms with Gasteiger partial charge in [-0.15, -0.1) is 35.3 Å². The first-order valence-electron chi connectivity index (χ1n) is 8.39. The Morgan fingerprint density at radius 3 is 2.26 bits per heavy atom.